The van der Waals surface area contributed by atoms with Crippen molar-refractivity contribution in [2.75, 3.05) is 0 Å². The lowest BCUT2D eigenvalue weighted by Gasteiger charge is -2.71. The smallest absolute Gasteiger partial charge is 0.310 e. The van der Waals surface area contributed by atoms with Gasteiger partial charge in [0, 0.05) is 12.3 Å². The van der Waals surface area contributed by atoms with Crippen LogP contribution in [0.3, 0.4) is 0 Å². The minimum atomic E-state index is -0.578. The van der Waals surface area contributed by atoms with Crippen LogP contribution in [-0.2, 0) is 14.3 Å². The normalized spacial score (nSPS) is 51.5. The summed E-state index contributed by atoms with van der Waals surface area (Å²) in [4.78, 5) is 24.7. The Hall–Kier alpha value is -1.32. The van der Waals surface area contributed by atoms with Crippen molar-refractivity contribution in [3.05, 3.63) is 11.6 Å². The molecule has 36 heavy (non-hydrogen) atoms. The molecular formula is C32H50O4. The quantitative estimate of drug-likeness (QED) is 0.313. The molecule has 5 aliphatic carbocycles. The Labute approximate surface area is 219 Å². The van der Waals surface area contributed by atoms with E-state index in [-0.39, 0.29) is 39.7 Å². The molecule has 0 aromatic carbocycles. The lowest BCUT2D eigenvalue weighted by molar-refractivity contribution is -0.214. The van der Waals surface area contributed by atoms with Crippen LogP contribution in [0.4, 0.5) is 0 Å². The molecule has 202 valence electrons. The maximum Gasteiger partial charge on any atom is 0.310 e. The van der Waals surface area contributed by atoms with Gasteiger partial charge in [-0.15, -0.1) is 0 Å². The van der Waals surface area contributed by atoms with E-state index in [1.807, 2.05) is 0 Å². The van der Waals surface area contributed by atoms with E-state index in [1.54, 1.807) is 6.92 Å². The van der Waals surface area contributed by atoms with Gasteiger partial charge >= 0.3 is 11.9 Å². The molecule has 0 amide bonds. The largest absolute Gasteiger partial charge is 0.481 e. The van der Waals surface area contributed by atoms with E-state index in [9.17, 15) is 14.7 Å². The fourth-order valence-corrected chi connectivity index (χ4v) is 11.2. The fourth-order valence-electron chi connectivity index (χ4n) is 11.2. The van der Waals surface area contributed by atoms with E-state index in [4.69, 9.17) is 4.74 Å². The molecule has 4 heteroatoms. The molecule has 0 aliphatic heterocycles. The molecule has 4 nitrogen and oxygen atoms in total. The van der Waals surface area contributed by atoms with E-state index >= 15 is 0 Å². The molecule has 0 aromatic rings. The first-order valence-electron chi connectivity index (χ1n) is 14.8. The van der Waals surface area contributed by atoms with Crippen LogP contribution in [0.2, 0.25) is 0 Å². The van der Waals surface area contributed by atoms with Gasteiger partial charge in [0.25, 0.3) is 0 Å². The van der Waals surface area contributed by atoms with Crippen LogP contribution < -0.4 is 0 Å². The molecule has 1 unspecified atom stereocenters. The number of carboxylic acid groups (broad SMARTS) is 1. The first kappa shape index (κ1) is 26.3. The number of carbonyl (C=O) groups excluding carboxylic acids is 1. The first-order valence-corrected chi connectivity index (χ1v) is 14.8. The van der Waals surface area contributed by atoms with E-state index in [0.29, 0.717) is 23.7 Å². The third-order valence-electron chi connectivity index (χ3n) is 13.7. The second-order valence-electron chi connectivity index (χ2n) is 15.1. The minimum absolute atomic E-state index is 0.00171. The SMILES string of the molecule is CC(=O)O[C@H]1CC[C@]2(C)[C@H]3CC=C4[C@@H]5C(C)[C@H](C)CC[C@]5(C(=O)O)CC[C@@]4(C)[C@]3(C)CC[C@H]2C1(C)C. The summed E-state index contributed by atoms with van der Waals surface area (Å²) < 4.78 is 5.88. The average molecular weight is 499 g/mol. The van der Waals surface area contributed by atoms with Gasteiger partial charge in [0.05, 0.1) is 5.41 Å². The van der Waals surface area contributed by atoms with Crippen molar-refractivity contribution in [2.45, 2.75) is 119 Å². The molecule has 4 saturated carbocycles. The van der Waals surface area contributed by atoms with Gasteiger partial charge in [-0.25, -0.2) is 0 Å². The van der Waals surface area contributed by atoms with E-state index in [2.05, 4.69) is 54.5 Å². The number of hydrogen-bond acceptors (Lipinski definition) is 3. The predicted molar refractivity (Wildman–Crippen MR) is 142 cm³/mol. The van der Waals surface area contributed by atoms with Crippen LogP contribution in [0.25, 0.3) is 0 Å². The summed E-state index contributed by atoms with van der Waals surface area (Å²) in [6.45, 7) is 18.5. The highest BCUT2D eigenvalue weighted by Gasteiger charge is 2.69. The predicted octanol–water partition coefficient (Wildman–Crippen LogP) is 7.66. The second-order valence-corrected chi connectivity index (χ2v) is 15.1. The van der Waals surface area contributed by atoms with Crippen LogP contribution in [-0.4, -0.2) is 23.1 Å². The lowest BCUT2D eigenvalue weighted by Crippen LogP contribution is -2.65. The molecule has 0 aromatic heterocycles. The fraction of sp³-hybridized carbons (Fsp3) is 0.875. The minimum Gasteiger partial charge on any atom is -0.481 e. The summed E-state index contributed by atoms with van der Waals surface area (Å²) in [6, 6.07) is 0. The van der Waals surface area contributed by atoms with Crippen LogP contribution in [0, 0.1) is 56.7 Å². The number of hydrogen-bond donors (Lipinski definition) is 1. The highest BCUT2D eigenvalue weighted by molar-refractivity contribution is 5.76. The van der Waals surface area contributed by atoms with E-state index < -0.39 is 11.4 Å². The summed E-state index contributed by atoms with van der Waals surface area (Å²) in [7, 11) is 0. The molecule has 4 fully saturated rings. The van der Waals surface area contributed by atoms with Crippen LogP contribution in [0.15, 0.2) is 11.6 Å². The molecule has 1 N–H and O–H groups in total. The number of fused-ring (bicyclic) bond motifs is 7. The summed E-state index contributed by atoms with van der Waals surface area (Å²) >= 11 is 0. The molecule has 10 atom stereocenters. The molecular weight excluding hydrogens is 448 g/mol. The molecule has 0 bridgehead atoms. The van der Waals surface area contributed by atoms with Crippen molar-refractivity contribution >= 4 is 11.9 Å². The third-order valence-corrected chi connectivity index (χ3v) is 13.7. The van der Waals surface area contributed by atoms with Crippen molar-refractivity contribution in [3.8, 4) is 0 Å². The van der Waals surface area contributed by atoms with Gasteiger partial charge in [0.2, 0.25) is 0 Å². The number of allylic oxidation sites excluding steroid dienone is 2. The van der Waals surface area contributed by atoms with Crippen LogP contribution >= 0.6 is 0 Å². The van der Waals surface area contributed by atoms with Gasteiger partial charge in [-0.2, -0.15) is 0 Å². The molecule has 0 saturated heterocycles. The summed E-state index contributed by atoms with van der Waals surface area (Å²) in [5, 5.41) is 10.6. The molecule has 0 heterocycles. The number of ether oxygens (including phenoxy) is 1. The Kier molecular flexibility index (Phi) is 5.91. The summed E-state index contributed by atoms with van der Waals surface area (Å²) in [6.07, 6.45) is 11.7. The lowest BCUT2D eigenvalue weighted by atomic mass is 9.33. The maximum absolute atomic E-state index is 12.9. The molecule has 0 spiro atoms. The third kappa shape index (κ3) is 3.17. The van der Waals surface area contributed by atoms with Gasteiger partial charge in [0.15, 0.2) is 0 Å². The molecule has 5 rings (SSSR count). The standard InChI is InChI=1S/C32H50O4/c1-19-11-16-32(27(34)35)18-17-30(7)22(26(32)20(19)2)9-10-24-29(6)14-13-25(36-21(3)33)28(4,5)23(29)12-15-31(24,30)8/h9,19-20,23-26H,10-18H2,1-8H3,(H,34,35)/t19-,20?,23+,24-,25+,26+,29+,30-,31-,32+/m1/s1. The Bertz CT molecular complexity index is 981. The maximum atomic E-state index is 12.9. The van der Waals surface area contributed by atoms with E-state index in [0.717, 1.165) is 51.4 Å². The van der Waals surface area contributed by atoms with Gasteiger partial charge in [-0.1, -0.05) is 60.1 Å². The van der Waals surface area contributed by atoms with Crippen molar-refractivity contribution in [1.82, 2.24) is 0 Å². The van der Waals surface area contributed by atoms with Crippen molar-refractivity contribution in [2.24, 2.45) is 56.7 Å². The number of carboxylic acids is 1. The summed E-state index contributed by atoms with van der Waals surface area (Å²) in [5.41, 5.74) is 1.30. The molecule has 0 radical (unpaired) electrons. The number of esters is 1. The van der Waals surface area contributed by atoms with Gasteiger partial charge in [0.1, 0.15) is 6.10 Å². The number of rotatable bonds is 2. The summed E-state index contributed by atoms with van der Waals surface area (Å²) in [5.74, 6) is 1.53. The van der Waals surface area contributed by atoms with Crippen molar-refractivity contribution in [1.29, 1.82) is 0 Å². The van der Waals surface area contributed by atoms with Crippen molar-refractivity contribution in [3.63, 3.8) is 0 Å². The van der Waals surface area contributed by atoms with Gasteiger partial charge in [-0.3, -0.25) is 9.59 Å². The average Bonchev–Trinajstić information content (AvgIpc) is 2.78. The monoisotopic (exact) mass is 498 g/mol. The van der Waals surface area contributed by atoms with Gasteiger partial charge in [-0.05, 0) is 104 Å². The number of carbonyl (C=O) groups is 2. The Morgan fingerprint density at radius 3 is 2.25 bits per heavy atom. The first-order chi connectivity index (χ1) is 16.6. The van der Waals surface area contributed by atoms with Crippen molar-refractivity contribution < 1.29 is 19.4 Å². The Morgan fingerprint density at radius 1 is 0.917 bits per heavy atom. The van der Waals surface area contributed by atoms with Crippen LogP contribution in [0.1, 0.15) is 113 Å². The topological polar surface area (TPSA) is 63.6 Å². The van der Waals surface area contributed by atoms with Gasteiger partial charge < -0.3 is 9.84 Å². The zero-order valence-electron chi connectivity index (χ0n) is 24.1. The molecule has 5 aliphatic rings. The Balaban J connectivity index is 1.56. The zero-order chi connectivity index (χ0) is 26.5. The number of aliphatic carboxylic acids is 1. The van der Waals surface area contributed by atoms with E-state index in [1.165, 1.54) is 12.0 Å². The van der Waals surface area contributed by atoms with Crippen LogP contribution in [0.5, 0.6) is 0 Å². The zero-order valence-corrected chi connectivity index (χ0v) is 24.1. The highest BCUT2D eigenvalue weighted by Crippen LogP contribution is 2.75. The Morgan fingerprint density at radius 2 is 1.61 bits per heavy atom. The second kappa shape index (κ2) is 8.09. The highest BCUT2D eigenvalue weighted by atomic mass is 16.5.